The Balaban J connectivity index is 1.64. The zero-order valence-electron chi connectivity index (χ0n) is 17.7. The predicted molar refractivity (Wildman–Crippen MR) is 119 cm³/mol. The summed E-state index contributed by atoms with van der Waals surface area (Å²) >= 11 is 0. The van der Waals surface area contributed by atoms with Crippen molar-refractivity contribution < 1.29 is 14.3 Å². The number of carbonyl (C=O) groups is 1. The third-order valence-electron chi connectivity index (χ3n) is 4.85. The van der Waals surface area contributed by atoms with Crippen molar-refractivity contribution in [1.82, 2.24) is 14.9 Å². The van der Waals surface area contributed by atoms with Gasteiger partial charge in [0.1, 0.15) is 5.82 Å². The van der Waals surface area contributed by atoms with E-state index in [2.05, 4.69) is 22.5 Å². The lowest BCUT2D eigenvalue weighted by atomic mass is 10.1. The van der Waals surface area contributed by atoms with Gasteiger partial charge in [-0.15, -0.1) is 6.58 Å². The van der Waals surface area contributed by atoms with Gasteiger partial charge in [-0.25, -0.2) is 4.98 Å². The normalized spacial score (nSPS) is 10.7. The minimum atomic E-state index is -0.0286. The van der Waals surface area contributed by atoms with Crippen molar-refractivity contribution in [2.45, 2.75) is 32.7 Å². The van der Waals surface area contributed by atoms with E-state index in [9.17, 15) is 4.79 Å². The van der Waals surface area contributed by atoms with Crippen LogP contribution in [0.1, 0.15) is 24.7 Å². The van der Waals surface area contributed by atoms with Crippen molar-refractivity contribution in [2.75, 3.05) is 20.3 Å². The number of nitrogens with zero attached hydrogens (tertiary/aromatic N) is 2. The van der Waals surface area contributed by atoms with Crippen molar-refractivity contribution in [1.29, 1.82) is 0 Å². The first kappa shape index (κ1) is 21.4. The van der Waals surface area contributed by atoms with E-state index in [-0.39, 0.29) is 5.91 Å². The van der Waals surface area contributed by atoms with Gasteiger partial charge in [0, 0.05) is 26.4 Å². The van der Waals surface area contributed by atoms with Gasteiger partial charge in [0.2, 0.25) is 5.91 Å². The molecule has 6 heteroatoms. The fourth-order valence-corrected chi connectivity index (χ4v) is 3.45. The van der Waals surface area contributed by atoms with Crippen molar-refractivity contribution >= 4 is 16.9 Å². The quantitative estimate of drug-likeness (QED) is 0.386. The predicted octanol–water partition coefficient (Wildman–Crippen LogP) is 3.92. The maximum absolute atomic E-state index is 11.2. The van der Waals surface area contributed by atoms with Crippen LogP contribution in [0, 0.1) is 0 Å². The third kappa shape index (κ3) is 5.41. The van der Waals surface area contributed by atoms with Gasteiger partial charge < -0.3 is 19.4 Å². The number of allylic oxidation sites excluding steroid dienone is 1. The minimum absolute atomic E-state index is 0.0286. The Labute approximate surface area is 177 Å². The van der Waals surface area contributed by atoms with Crippen LogP contribution in [-0.2, 0) is 24.2 Å². The minimum Gasteiger partial charge on any atom is -0.493 e. The van der Waals surface area contributed by atoms with Crippen molar-refractivity contribution in [3.8, 4) is 11.5 Å². The van der Waals surface area contributed by atoms with Gasteiger partial charge in [0.15, 0.2) is 11.5 Å². The molecule has 0 atom stereocenters. The highest BCUT2D eigenvalue weighted by Crippen LogP contribution is 2.28. The fourth-order valence-electron chi connectivity index (χ4n) is 3.45. The molecule has 3 rings (SSSR count). The lowest BCUT2D eigenvalue weighted by Gasteiger charge is -2.13. The molecule has 0 aliphatic rings. The summed E-state index contributed by atoms with van der Waals surface area (Å²) in [6.07, 6.45) is 4.18. The van der Waals surface area contributed by atoms with Crippen molar-refractivity contribution in [3.05, 3.63) is 66.5 Å². The Morgan fingerprint density at radius 3 is 2.83 bits per heavy atom. The summed E-state index contributed by atoms with van der Waals surface area (Å²) in [5, 5.41) is 2.84. The van der Waals surface area contributed by atoms with E-state index < -0.39 is 0 Å². The van der Waals surface area contributed by atoms with E-state index in [1.807, 2.05) is 42.5 Å². The van der Waals surface area contributed by atoms with Crippen molar-refractivity contribution in [2.24, 2.45) is 0 Å². The molecular formula is C24H29N3O3. The number of aromatic nitrogens is 2. The van der Waals surface area contributed by atoms with Gasteiger partial charge in [-0.1, -0.05) is 24.3 Å². The summed E-state index contributed by atoms with van der Waals surface area (Å²) in [6.45, 7) is 7.22. The van der Waals surface area contributed by atoms with Crippen LogP contribution in [0.3, 0.4) is 0 Å². The smallest absolute Gasteiger partial charge is 0.216 e. The Bertz CT molecular complexity index is 1010. The van der Waals surface area contributed by atoms with E-state index in [4.69, 9.17) is 14.5 Å². The molecule has 0 saturated carbocycles. The zero-order chi connectivity index (χ0) is 21.3. The SMILES string of the molecule is C=CCc1ccc(OCCCn2c(CCNC(C)=O)nc3ccccc32)c(OC)c1. The molecule has 0 bridgehead atoms. The number of ether oxygens (including phenoxy) is 2. The highest BCUT2D eigenvalue weighted by Gasteiger charge is 2.11. The topological polar surface area (TPSA) is 65.4 Å². The third-order valence-corrected chi connectivity index (χ3v) is 4.85. The summed E-state index contributed by atoms with van der Waals surface area (Å²) in [6, 6.07) is 14.1. The lowest BCUT2D eigenvalue weighted by molar-refractivity contribution is -0.118. The number of aryl methyl sites for hydroxylation is 1. The van der Waals surface area contributed by atoms with Crippen LogP contribution in [0.25, 0.3) is 11.0 Å². The highest BCUT2D eigenvalue weighted by molar-refractivity contribution is 5.76. The van der Waals surface area contributed by atoms with Gasteiger partial charge in [-0.05, 0) is 42.7 Å². The largest absolute Gasteiger partial charge is 0.493 e. The monoisotopic (exact) mass is 407 g/mol. The lowest BCUT2D eigenvalue weighted by Crippen LogP contribution is -2.23. The molecule has 3 aromatic rings. The van der Waals surface area contributed by atoms with Crippen LogP contribution < -0.4 is 14.8 Å². The van der Waals surface area contributed by atoms with Gasteiger partial charge in [-0.2, -0.15) is 0 Å². The Hall–Kier alpha value is -3.28. The number of carbonyl (C=O) groups excluding carboxylic acids is 1. The number of amides is 1. The van der Waals surface area contributed by atoms with E-state index in [1.54, 1.807) is 7.11 Å². The molecule has 0 fully saturated rings. The van der Waals surface area contributed by atoms with Crippen LogP contribution in [0.4, 0.5) is 0 Å². The summed E-state index contributed by atoms with van der Waals surface area (Å²) in [5.41, 5.74) is 3.21. The number of methoxy groups -OCH3 is 1. The second kappa shape index (κ2) is 10.5. The molecule has 30 heavy (non-hydrogen) atoms. The average molecular weight is 408 g/mol. The maximum Gasteiger partial charge on any atom is 0.216 e. The standard InChI is InChI=1S/C24H29N3O3/c1-4-8-19-11-12-22(23(17-19)29-3)30-16-7-15-27-21-10-6-5-9-20(21)26-24(27)13-14-25-18(2)28/h4-6,9-12,17H,1,7-8,13-16H2,2-3H3,(H,25,28). The highest BCUT2D eigenvalue weighted by atomic mass is 16.5. The Morgan fingerprint density at radius 1 is 1.23 bits per heavy atom. The second-order valence-electron chi connectivity index (χ2n) is 7.08. The second-order valence-corrected chi connectivity index (χ2v) is 7.08. The van der Waals surface area contributed by atoms with Gasteiger partial charge in [0.05, 0.1) is 24.8 Å². The molecule has 0 unspecified atom stereocenters. The van der Waals surface area contributed by atoms with Gasteiger partial charge >= 0.3 is 0 Å². The first-order valence-electron chi connectivity index (χ1n) is 10.2. The van der Waals surface area contributed by atoms with E-state index in [0.29, 0.717) is 19.6 Å². The number of benzene rings is 2. The molecule has 1 heterocycles. The van der Waals surface area contributed by atoms with Crippen LogP contribution in [0.2, 0.25) is 0 Å². The summed E-state index contributed by atoms with van der Waals surface area (Å²) in [4.78, 5) is 15.9. The molecule has 1 aromatic heterocycles. The molecule has 1 amide bonds. The van der Waals surface area contributed by atoms with Crippen LogP contribution >= 0.6 is 0 Å². The average Bonchev–Trinajstić information content (AvgIpc) is 3.09. The number of fused-ring (bicyclic) bond motifs is 1. The fraction of sp³-hybridized carbons (Fsp3) is 0.333. The molecule has 2 aromatic carbocycles. The molecule has 6 nitrogen and oxygen atoms in total. The van der Waals surface area contributed by atoms with Crippen LogP contribution in [0.15, 0.2) is 55.1 Å². The van der Waals surface area contributed by atoms with Gasteiger partial charge in [0.25, 0.3) is 0 Å². The van der Waals surface area contributed by atoms with Crippen LogP contribution in [0.5, 0.6) is 11.5 Å². The Kier molecular flexibility index (Phi) is 7.49. The van der Waals surface area contributed by atoms with E-state index in [0.717, 1.165) is 53.3 Å². The van der Waals surface area contributed by atoms with Gasteiger partial charge in [-0.3, -0.25) is 4.79 Å². The molecule has 1 N–H and O–H groups in total. The summed E-state index contributed by atoms with van der Waals surface area (Å²) < 4.78 is 13.7. The number of nitrogens with one attached hydrogen (secondary N) is 1. The molecule has 0 spiro atoms. The zero-order valence-corrected chi connectivity index (χ0v) is 17.7. The first-order chi connectivity index (χ1) is 14.6. The summed E-state index contributed by atoms with van der Waals surface area (Å²) in [5.74, 6) is 2.42. The number of imidazole rings is 1. The maximum atomic E-state index is 11.2. The molecule has 0 saturated heterocycles. The molecule has 158 valence electrons. The van der Waals surface area contributed by atoms with E-state index in [1.165, 1.54) is 6.92 Å². The number of hydrogen-bond donors (Lipinski definition) is 1. The molecule has 0 aliphatic carbocycles. The van der Waals surface area contributed by atoms with E-state index >= 15 is 0 Å². The number of hydrogen-bond acceptors (Lipinski definition) is 4. The molecule has 0 radical (unpaired) electrons. The molecule has 0 aliphatic heterocycles. The van der Waals surface area contributed by atoms with Crippen molar-refractivity contribution in [3.63, 3.8) is 0 Å². The summed E-state index contributed by atoms with van der Waals surface area (Å²) in [7, 11) is 1.65. The number of rotatable bonds is 11. The first-order valence-corrected chi connectivity index (χ1v) is 10.2. The Morgan fingerprint density at radius 2 is 2.07 bits per heavy atom. The number of para-hydroxylation sites is 2. The molecular weight excluding hydrogens is 378 g/mol. The van der Waals surface area contributed by atoms with Crippen LogP contribution in [-0.4, -0.2) is 35.7 Å².